The largest absolute Gasteiger partial charge is 0.478 e. The molecule has 4 N–H and O–H groups in total. The summed E-state index contributed by atoms with van der Waals surface area (Å²) in [5, 5.41) is 11.4. The first kappa shape index (κ1) is 19.8. The molecule has 0 aliphatic heterocycles. The van der Waals surface area contributed by atoms with E-state index in [-0.39, 0.29) is 12.0 Å². The molecular weight excluding hydrogens is 284 g/mol. The number of nitrogens with two attached hydrogens (primary N) is 1. The number of aromatic carboxylic acids is 1. The van der Waals surface area contributed by atoms with Gasteiger partial charge in [0.15, 0.2) is 0 Å². The van der Waals surface area contributed by atoms with E-state index in [2.05, 4.69) is 5.32 Å². The molecule has 1 atom stereocenters. The van der Waals surface area contributed by atoms with Gasteiger partial charge in [0, 0.05) is 0 Å². The van der Waals surface area contributed by atoms with Crippen LogP contribution in [0.4, 0.5) is 0 Å². The summed E-state index contributed by atoms with van der Waals surface area (Å²) in [6.07, 6.45) is 0.824. The van der Waals surface area contributed by atoms with Crippen LogP contribution in [0.2, 0.25) is 0 Å². The Morgan fingerprint density at radius 1 is 1.36 bits per heavy atom. The summed E-state index contributed by atoms with van der Waals surface area (Å²) < 4.78 is 0. The van der Waals surface area contributed by atoms with Gasteiger partial charge in [-0.1, -0.05) is 26.0 Å². The standard InChI is InChI=1S/C14H18N2O4.C2H6/c1-14(2,8-17)16-12(18)11(15)7-9-4-3-5-10(6-9)13(19)20;1-2/h3-6,8,11H,7,15H2,1-2H3,(H,16,18)(H,19,20);1-2H3. The lowest BCUT2D eigenvalue weighted by atomic mass is 10.0. The highest BCUT2D eigenvalue weighted by molar-refractivity contribution is 5.88. The highest BCUT2D eigenvalue weighted by Gasteiger charge is 2.23. The van der Waals surface area contributed by atoms with Crippen LogP contribution in [0.25, 0.3) is 0 Å². The molecule has 0 aromatic heterocycles. The second-order valence-electron chi connectivity index (χ2n) is 5.14. The van der Waals surface area contributed by atoms with E-state index < -0.39 is 23.5 Å². The van der Waals surface area contributed by atoms with Crippen LogP contribution in [0.15, 0.2) is 24.3 Å². The van der Waals surface area contributed by atoms with Gasteiger partial charge in [-0.3, -0.25) is 4.79 Å². The van der Waals surface area contributed by atoms with Crippen molar-refractivity contribution in [3.8, 4) is 0 Å². The van der Waals surface area contributed by atoms with E-state index in [1.54, 1.807) is 26.0 Å². The minimum Gasteiger partial charge on any atom is -0.478 e. The normalized spacial score (nSPS) is 11.7. The molecule has 0 fully saturated rings. The molecule has 6 nitrogen and oxygen atoms in total. The molecule has 1 aromatic rings. The molecule has 1 amide bonds. The molecule has 0 heterocycles. The molecule has 1 unspecified atom stereocenters. The number of benzene rings is 1. The Morgan fingerprint density at radius 3 is 2.45 bits per heavy atom. The lowest BCUT2D eigenvalue weighted by molar-refractivity contribution is -0.126. The van der Waals surface area contributed by atoms with Crippen molar-refractivity contribution < 1.29 is 19.5 Å². The van der Waals surface area contributed by atoms with Crippen molar-refractivity contribution in [2.45, 2.75) is 45.7 Å². The van der Waals surface area contributed by atoms with Crippen molar-refractivity contribution in [1.29, 1.82) is 0 Å². The molecule has 0 spiro atoms. The number of hydrogen-bond donors (Lipinski definition) is 3. The Hall–Kier alpha value is -2.21. The topological polar surface area (TPSA) is 109 Å². The maximum absolute atomic E-state index is 11.8. The Kier molecular flexibility index (Phi) is 8.04. The van der Waals surface area contributed by atoms with Gasteiger partial charge in [0.25, 0.3) is 0 Å². The van der Waals surface area contributed by atoms with Crippen molar-refractivity contribution in [2.75, 3.05) is 0 Å². The van der Waals surface area contributed by atoms with Gasteiger partial charge in [0.1, 0.15) is 6.29 Å². The van der Waals surface area contributed by atoms with E-state index >= 15 is 0 Å². The van der Waals surface area contributed by atoms with Crippen molar-refractivity contribution >= 4 is 18.2 Å². The second kappa shape index (κ2) is 8.94. The van der Waals surface area contributed by atoms with Gasteiger partial charge >= 0.3 is 5.97 Å². The molecule has 1 aromatic carbocycles. The molecule has 1 rings (SSSR count). The Balaban J connectivity index is 0.00000211. The van der Waals surface area contributed by atoms with E-state index in [1.807, 2.05) is 13.8 Å². The van der Waals surface area contributed by atoms with Gasteiger partial charge in [0.2, 0.25) is 5.91 Å². The number of carbonyl (C=O) groups excluding carboxylic acids is 2. The van der Waals surface area contributed by atoms with Crippen LogP contribution in [0.1, 0.15) is 43.6 Å². The van der Waals surface area contributed by atoms with Crippen molar-refractivity contribution in [1.82, 2.24) is 5.32 Å². The number of amides is 1. The summed E-state index contributed by atoms with van der Waals surface area (Å²) in [7, 11) is 0. The molecule has 0 saturated heterocycles. The van der Waals surface area contributed by atoms with Gasteiger partial charge in [-0.15, -0.1) is 0 Å². The van der Waals surface area contributed by atoms with Crippen LogP contribution in [-0.2, 0) is 16.0 Å². The van der Waals surface area contributed by atoms with E-state index in [4.69, 9.17) is 10.8 Å². The Labute approximate surface area is 130 Å². The number of aldehydes is 1. The Morgan fingerprint density at radius 2 is 1.95 bits per heavy atom. The fourth-order valence-electron chi connectivity index (χ4n) is 1.62. The average molecular weight is 308 g/mol. The summed E-state index contributed by atoms with van der Waals surface area (Å²) in [6.45, 7) is 7.13. The maximum Gasteiger partial charge on any atom is 0.335 e. The number of nitrogens with one attached hydrogen (secondary N) is 1. The minimum atomic E-state index is -1.04. The molecule has 0 saturated carbocycles. The lowest BCUT2D eigenvalue weighted by Crippen LogP contribution is -2.52. The van der Waals surface area contributed by atoms with E-state index in [9.17, 15) is 14.4 Å². The molecule has 22 heavy (non-hydrogen) atoms. The fourth-order valence-corrected chi connectivity index (χ4v) is 1.62. The van der Waals surface area contributed by atoms with Crippen LogP contribution in [0.5, 0.6) is 0 Å². The average Bonchev–Trinajstić information content (AvgIpc) is 2.49. The fraction of sp³-hybridized carbons (Fsp3) is 0.438. The molecule has 122 valence electrons. The summed E-state index contributed by atoms with van der Waals surface area (Å²) in [5.74, 6) is -1.49. The number of carboxylic acid groups (broad SMARTS) is 1. The minimum absolute atomic E-state index is 0.142. The predicted molar refractivity (Wildman–Crippen MR) is 84.7 cm³/mol. The van der Waals surface area contributed by atoms with Gasteiger partial charge in [-0.25, -0.2) is 4.79 Å². The van der Waals surface area contributed by atoms with Crippen molar-refractivity contribution in [2.24, 2.45) is 5.73 Å². The van der Waals surface area contributed by atoms with Crippen LogP contribution in [0, 0.1) is 0 Å². The molecule has 6 heteroatoms. The summed E-state index contributed by atoms with van der Waals surface area (Å²) >= 11 is 0. The van der Waals surface area contributed by atoms with Crippen molar-refractivity contribution in [3.05, 3.63) is 35.4 Å². The van der Waals surface area contributed by atoms with Gasteiger partial charge < -0.3 is 21.0 Å². The third-order valence-electron chi connectivity index (χ3n) is 2.71. The quantitative estimate of drug-likeness (QED) is 0.688. The zero-order valence-corrected chi connectivity index (χ0v) is 13.4. The zero-order valence-electron chi connectivity index (χ0n) is 13.4. The summed E-state index contributed by atoms with van der Waals surface area (Å²) in [4.78, 5) is 33.4. The molecule has 0 bridgehead atoms. The van der Waals surface area contributed by atoms with Gasteiger partial charge in [-0.2, -0.15) is 0 Å². The van der Waals surface area contributed by atoms with Crippen molar-refractivity contribution in [3.63, 3.8) is 0 Å². The highest BCUT2D eigenvalue weighted by Crippen LogP contribution is 2.08. The zero-order chi connectivity index (χ0) is 17.3. The maximum atomic E-state index is 11.8. The first-order valence-corrected chi connectivity index (χ1v) is 7.11. The van der Waals surface area contributed by atoms with E-state index in [1.165, 1.54) is 12.1 Å². The first-order chi connectivity index (χ1) is 10.2. The third kappa shape index (κ3) is 6.49. The van der Waals surface area contributed by atoms with E-state index in [0.717, 1.165) is 0 Å². The number of carbonyl (C=O) groups is 3. The number of hydrogen-bond acceptors (Lipinski definition) is 4. The van der Waals surface area contributed by atoms with Gasteiger partial charge in [0.05, 0.1) is 17.1 Å². The number of rotatable bonds is 6. The molecule has 0 aliphatic rings. The van der Waals surface area contributed by atoms with Gasteiger partial charge in [-0.05, 0) is 38.0 Å². The SMILES string of the molecule is CC.CC(C)(C=O)NC(=O)C(N)Cc1cccc(C(=O)O)c1. The van der Waals surface area contributed by atoms with Crippen LogP contribution < -0.4 is 11.1 Å². The van der Waals surface area contributed by atoms with Crippen LogP contribution in [-0.4, -0.2) is 34.8 Å². The third-order valence-corrected chi connectivity index (χ3v) is 2.71. The monoisotopic (exact) mass is 308 g/mol. The Bertz CT molecular complexity index is 527. The first-order valence-electron chi connectivity index (χ1n) is 7.11. The smallest absolute Gasteiger partial charge is 0.335 e. The highest BCUT2D eigenvalue weighted by atomic mass is 16.4. The molecule has 0 aliphatic carbocycles. The van der Waals surface area contributed by atoms with Crippen LogP contribution >= 0.6 is 0 Å². The van der Waals surface area contributed by atoms with Crippen LogP contribution in [0.3, 0.4) is 0 Å². The molecular formula is C16H24N2O4. The lowest BCUT2D eigenvalue weighted by Gasteiger charge is -2.21. The summed E-state index contributed by atoms with van der Waals surface area (Å²) in [6, 6.07) is 5.38. The predicted octanol–water partition coefficient (Wildman–Crippen LogP) is 1.37. The van der Waals surface area contributed by atoms with E-state index in [0.29, 0.717) is 11.8 Å². The summed E-state index contributed by atoms with van der Waals surface area (Å²) in [5.41, 5.74) is 5.58. The molecule has 0 radical (unpaired) electrons. The number of carboxylic acids is 1. The second-order valence-corrected chi connectivity index (χ2v) is 5.14.